The number of hydrogen-bond donors (Lipinski definition) is 1. The van der Waals surface area contributed by atoms with E-state index in [0.29, 0.717) is 40.6 Å². The molecule has 4 aromatic rings. The predicted molar refractivity (Wildman–Crippen MR) is 139 cm³/mol. The molecule has 0 atom stereocenters. The van der Waals surface area contributed by atoms with Crippen molar-refractivity contribution < 1.29 is 11.7 Å². The van der Waals surface area contributed by atoms with Gasteiger partial charge in [-0.25, -0.2) is 9.37 Å². The number of anilines is 1. The van der Waals surface area contributed by atoms with Crippen molar-refractivity contribution in [2.75, 3.05) is 32.5 Å². The average molecular weight is 491 g/mol. The molecule has 0 saturated carbocycles. The number of nitrogens with zero attached hydrogens (tertiary/aromatic N) is 7. The van der Waals surface area contributed by atoms with Gasteiger partial charge >= 0.3 is 0 Å². The summed E-state index contributed by atoms with van der Waals surface area (Å²) in [4.78, 5) is 15.6. The molecule has 0 radical (unpaired) electrons. The fraction of sp³-hybridized carbons (Fsp3) is 0.308. The molecule has 0 saturated heterocycles. The first kappa shape index (κ1) is 24.9. The maximum absolute atomic E-state index is 13.9. The van der Waals surface area contributed by atoms with Crippen molar-refractivity contribution in [2.45, 2.75) is 26.2 Å². The van der Waals surface area contributed by atoms with E-state index in [1.165, 1.54) is 12.1 Å². The van der Waals surface area contributed by atoms with Crippen LogP contribution in [-0.4, -0.2) is 57.2 Å². The summed E-state index contributed by atoms with van der Waals surface area (Å²) in [6, 6.07) is 10.3. The molecule has 1 N–H and O–H groups in total. The third kappa shape index (κ3) is 5.37. The Morgan fingerprint density at radius 3 is 2.67 bits per heavy atom. The molecular formula is C26H31FN8O. The van der Waals surface area contributed by atoms with Gasteiger partial charge in [-0.15, -0.1) is 10.2 Å². The Bertz CT molecular complexity index is 1440. The van der Waals surface area contributed by atoms with E-state index in [0.717, 1.165) is 12.1 Å². The molecule has 0 fully saturated rings. The van der Waals surface area contributed by atoms with Crippen LogP contribution >= 0.6 is 0 Å². The van der Waals surface area contributed by atoms with Crippen molar-refractivity contribution in [1.82, 2.24) is 30.0 Å². The normalized spacial score (nSPS) is 11.5. The molecule has 0 spiro atoms. The molecule has 188 valence electrons. The second kappa shape index (κ2) is 10.2. The molecule has 36 heavy (non-hydrogen) atoms. The number of pyridine rings is 1. The molecule has 9 nitrogen and oxygen atoms in total. The summed E-state index contributed by atoms with van der Waals surface area (Å²) in [7, 11) is 3.93. The van der Waals surface area contributed by atoms with Gasteiger partial charge in [-0.3, -0.25) is 9.97 Å². The van der Waals surface area contributed by atoms with E-state index >= 15 is 0 Å². The van der Waals surface area contributed by atoms with Crippen LogP contribution in [0.25, 0.3) is 34.3 Å². The largest absolute Gasteiger partial charge is 0.414 e. The summed E-state index contributed by atoms with van der Waals surface area (Å²) in [5.41, 5.74) is 3.45. The zero-order valence-electron chi connectivity index (χ0n) is 20.9. The highest BCUT2D eigenvalue weighted by atomic mass is 19.1. The summed E-state index contributed by atoms with van der Waals surface area (Å²) in [6.45, 7) is 6.82. The van der Waals surface area contributed by atoms with Crippen molar-refractivity contribution in [3.8, 4) is 40.4 Å². The molecule has 0 bridgehead atoms. The molecule has 4 rings (SSSR count). The summed E-state index contributed by atoms with van der Waals surface area (Å²) >= 11 is 0. The van der Waals surface area contributed by atoms with Gasteiger partial charge in [-0.2, -0.15) is 5.26 Å². The molecule has 1 aromatic carbocycles. The fourth-order valence-corrected chi connectivity index (χ4v) is 3.47. The Labute approximate surface area is 212 Å². The van der Waals surface area contributed by atoms with Gasteiger partial charge in [-0.05, 0) is 65.2 Å². The van der Waals surface area contributed by atoms with E-state index in [4.69, 9.17) is 9.40 Å². The second-order valence-electron chi connectivity index (χ2n) is 9.19. The van der Waals surface area contributed by atoms with Crippen molar-refractivity contribution in [3.63, 3.8) is 0 Å². The molecule has 0 aliphatic rings. The first-order valence-corrected chi connectivity index (χ1v) is 11.4. The number of likely N-dealkylation sites (N-methyl/N-ethyl adjacent to an activating group) is 1. The second-order valence-corrected chi connectivity index (χ2v) is 9.19. The van der Waals surface area contributed by atoms with Crippen LogP contribution in [0.1, 0.15) is 28.1 Å². The van der Waals surface area contributed by atoms with Crippen LogP contribution < -0.4 is 5.32 Å². The Kier molecular flexibility index (Phi) is 7.03. The summed E-state index contributed by atoms with van der Waals surface area (Å²) in [5, 5.41) is 21.1. The minimum atomic E-state index is -0.744. The summed E-state index contributed by atoms with van der Waals surface area (Å²) in [5.74, 6) is 0.0783. The third-order valence-electron chi connectivity index (χ3n) is 5.65. The van der Waals surface area contributed by atoms with Crippen LogP contribution in [0.5, 0.6) is 0 Å². The highest BCUT2D eigenvalue weighted by molar-refractivity contribution is 5.73. The summed E-state index contributed by atoms with van der Waals surface area (Å²) in [6.07, 6.45) is 3.30. The van der Waals surface area contributed by atoms with E-state index in [1.807, 2.05) is 45.0 Å². The van der Waals surface area contributed by atoms with Crippen molar-refractivity contribution in [2.24, 2.45) is 0 Å². The van der Waals surface area contributed by atoms with Gasteiger partial charge in [-0.1, -0.05) is 0 Å². The zero-order valence-corrected chi connectivity index (χ0v) is 20.9. The number of rotatable bonds is 8. The Hall–Kier alpha value is -4.23. The van der Waals surface area contributed by atoms with Crippen LogP contribution in [0.15, 0.2) is 47.1 Å². The monoisotopic (exact) mass is 490 g/mol. The Balaban J connectivity index is 0.00000253. The quantitative estimate of drug-likeness (QED) is 0.365. The SMILES string of the molecule is Cc1ncc(-c2ccnc(C(C)(C)C#N)c2)nc1-c1nnc(-c2ccc(F)cc2NCCN(C)C)o1.[HH].[HH]. The lowest BCUT2D eigenvalue weighted by Crippen LogP contribution is -2.21. The number of aryl methyl sites for hydroxylation is 1. The highest BCUT2D eigenvalue weighted by Crippen LogP contribution is 2.31. The fourth-order valence-electron chi connectivity index (χ4n) is 3.47. The lowest BCUT2D eigenvalue weighted by Gasteiger charge is -2.15. The molecule has 10 heteroatoms. The maximum atomic E-state index is 13.9. The first-order valence-electron chi connectivity index (χ1n) is 11.4. The molecule has 0 aliphatic carbocycles. The molecule has 3 heterocycles. The third-order valence-corrected chi connectivity index (χ3v) is 5.65. The van der Waals surface area contributed by atoms with E-state index < -0.39 is 5.41 Å². The summed E-state index contributed by atoms with van der Waals surface area (Å²) < 4.78 is 19.9. The standard InChI is InChI=1S/C26H27FN8O.2H2/c1-16-23(32-21(14-31-16)17-8-9-30-22(12-17)26(2,3)15-28)25-34-33-24(36-25)19-7-6-18(27)13-20(19)29-10-11-35(4)5;;/h6-9,12-14,29H,10-11H2,1-5H3;2*1H. The zero-order chi connectivity index (χ0) is 25.9. The number of nitrogens with one attached hydrogen (secondary N) is 1. The number of nitriles is 1. The van der Waals surface area contributed by atoms with E-state index in [-0.39, 0.29) is 20.5 Å². The lowest BCUT2D eigenvalue weighted by molar-refractivity contribution is 0.425. The smallest absolute Gasteiger partial charge is 0.268 e. The van der Waals surface area contributed by atoms with Crippen LogP contribution in [0, 0.1) is 24.1 Å². The van der Waals surface area contributed by atoms with Gasteiger partial charge in [0.05, 0.1) is 40.3 Å². The van der Waals surface area contributed by atoms with Gasteiger partial charge in [0.1, 0.15) is 11.5 Å². The van der Waals surface area contributed by atoms with Crippen molar-refractivity contribution >= 4 is 5.69 Å². The number of benzene rings is 1. The lowest BCUT2D eigenvalue weighted by atomic mass is 9.90. The highest BCUT2D eigenvalue weighted by Gasteiger charge is 2.23. The van der Waals surface area contributed by atoms with Crippen molar-refractivity contribution in [1.29, 1.82) is 5.26 Å². The van der Waals surface area contributed by atoms with Crippen LogP contribution in [-0.2, 0) is 5.41 Å². The van der Waals surface area contributed by atoms with Gasteiger partial charge < -0.3 is 14.6 Å². The molecule has 0 amide bonds. The van der Waals surface area contributed by atoms with Gasteiger partial charge in [0.25, 0.3) is 5.89 Å². The van der Waals surface area contributed by atoms with E-state index in [1.54, 1.807) is 25.4 Å². The van der Waals surface area contributed by atoms with Crippen LogP contribution in [0.2, 0.25) is 0 Å². The van der Waals surface area contributed by atoms with E-state index in [2.05, 4.69) is 31.6 Å². The Morgan fingerprint density at radius 1 is 1.14 bits per heavy atom. The first-order chi connectivity index (χ1) is 17.2. The van der Waals surface area contributed by atoms with E-state index in [9.17, 15) is 9.65 Å². The molecule has 3 aromatic heterocycles. The van der Waals surface area contributed by atoms with Crippen molar-refractivity contribution in [3.05, 3.63) is 59.9 Å². The average Bonchev–Trinajstić information content (AvgIpc) is 3.34. The minimum Gasteiger partial charge on any atom is -0.414 e. The Morgan fingerprint density at radius 2 is 1.92 bits per heavy atom. The van der Waals surface area contributed by atoms with Crippen LogP contribution in [0.3, 0.4) is 0 Å². The number of hydrogen-bond acceptors (Lipinski definition) is 9. The molecule has 0 unspecified atom stereocenters. The predicted octanol–water partition coefficient (Wildman–Crippen LogP) is 4.97. The topological polar surface area (TPSA) is 117 Å². The maximum Gasteiger partial charge on any atom is 0.268 e. The van der Waals surface area contributed by atoms with Gasteiger partial charge in [0.2, 0.25) is 5.89 Å². The number of aromatic nitrogens is 5. The minimum absolute atomic E-state index is 0. The van der Waals surface area contributed by atoms with Crippen LogP contribution in [0.4, 0.5) is 10.1 Å². The number of halogens is 1. The molecule has 0 aliphatic heterocycles. The van der Waals surface area contributed by atoms with Gasteiger partial charge in [0, 0.05) is 33.4 Å². The van der Waals surface area contributed by atoms with Gasteiger partial charge in [0.15, 0.2) is 0 Å². The molecular weight excluding hydrogens is 459 g/mol.